The van der Waals surface area contributed by atoms with Crippen LogP contribution in [0.1, 0.15) is 42.1 Å². The van der Waals surface area contributed by atoms with Gasteiger partial charge >= 0.3 is 5.97 Å². The molecule has 0 radical (unpaired) electrons. The van der Waals surface area contributed by atoms with Gasteiger partial charge in [-0.2, -0.15) is 5.26 Å². The number of aryl methyl sites for hydroxylation is 2. The maximum atomic E-state index is 11.8. The number of fused-ring (bicyclic) bond motifs is 1. The summed E-state index contributed by atoms with van der Waals surface area (Å²) in [5.41, 5.74) is 4.50. The van der Waals surface area contributed by atoms with Crippen molar-refractivity contribution in [2.24, 2.45) is 13.0 Å². The topological polar surface area (TPSA) is 64.2 Å². The second-order valence-corrected chi connectivity index (χ2v) is 8.99. The summed E-state index contributed by atoms with van der Waals surface area (Å²) in [7, 11) is 1.98. The molecule has 1 aliphatic rings. The Bertz CT molecular complexity index is 1240. The monoisotopic (exact) mass is 470 g/mol. The molecule has 32 heavy (non-hydrogen) atoms. The number of esters is 1. The normalized spacial score (nSPS) is 17.6. The van der Waals surface area contributed by atoms with Crippen LogP contribution in [0.5, 0.6) is 5.75 Å². The number of rotatable bonds is 6. The summed E-state index contributed by atoms with van der Waals surface area (Å²) in [5, 5.41) is 11.4. The first-order valence-corrected chi connectivity index (χ1v) is 11.4. The van der Waals surface area contributed by atoms with Gasteiger partial charge in [0, 0.05) is 35.1 Å². The van der Waals surface area contributed by atoms with E-state index in [4.69, 9.17) is 32.7 Å². The Morgan fingerprint density at radius 3 is 2.69 bits per heavy atom. The second kappa shape index (κ2) is 9.05. The van der Waals surface area contributed by atoms with E-state index in [0.29, 0.717) is 47.2 Å². The minimum atomic E-state index is -0.166. The lowest BCUT2D eigenvalue weighted by atomic mass is 9.82. The van der Waals surface area contributed by atoms with Crippen LogP contribution in [-0.4, -0.2) is 23.2 Å². The number of halogens is 2. The minimum Gasteiger partial charge on any atom is -0.489 e. The van der Waals surface area contributed by atoms with Gasteiger partial charge in [-0.1, -0.05) is 23.2 Å². The summed E-state index contributed by atoms with van der Waals surface area (Å²) in [6.07, 6.45) is 1.70. The van der Waals surface area contributed by atoms with Gasteiger partial charge in [-0.05, 0) is 68.1 Å². The third-order valence-corrected chi connectivity index (χ3v) is 6.88. The summed E-state index contributed by atoms with van der Waals surface area (Å²) in [5.74, 6) is 0.295. The van der Waals surface area contributed by atoms with Gasteiger partial charge in [0.25, 0.3) is 0 Å². The Morgan fingerprint density at radius 2 is 2.00 bits per heavy atom. The van der Waals surface area contributed by atoms with Crippen LogP contribution in [0.15, 0.2) is 30.3 Å². The number of carbonyl (C=O) groups excluding carboxylic acids is 1. The molecule has 0 amide bonds. The van der Waals surface area contributed by atoms with E-state index in [0.717, 1.165) is 27.7 Å². The van der Waals surface area contributed by atoms with Crippen molar-refractivity contribution in [1.29, 1.82) is 5.26 Å². The molecule has 166 valence electrons. The van der Waals surface area contributed by atoms with Crippen LogP contribution in [0.25, 0.3) is 10.9 Å². The molecular weight excluding hydrogens is 447 g/mol. The van der Waals surface area contributed by atoms with Gasteiger partial charge in [0.05, 0.1) is 29.2 Å². The average molecular weight is 471 g/mol. The zero-order valence-corrected chi connectivity index (χ0v) is 19.8. The lowest BCUT2D eigenvalue weighted by Gasteiger charge is -2.34. The number of hydrogen-bond acceptors (Lipinski definition) is 4. The van der Waals surface area contributed by atoms with Crippen LogP contribution < -0.4 is 4.74 Å². The smallest absolute Gasteiger partial charge is 0.309 e. The molecule has 7 heteroatoms. The summed E-state index contributed by atoms with van der Waals surface area (Å²) in [6, 6.07) is 11.7. The van der Waals surface area contributed by atoms with Gasteiger partial charge in [0.15, 0.2) is 0 Å². The zero-order valence-electron chi connectivity index (χ0n) is 18.2. The second-order valence-electron chi connectivity index (χ2n) is 8.21. The number of ether oxygens (including phenoxy) is 2. The number of nitrogens with zero attached hydrogens (tertiary/aromatic N) is 2. The number of aromatic nitrogens is 1. The minimum absolute atomic E-state index is 0.0689. The Kier molecular flexibility index (Phi) is 6.37. The van der Waals surface area contributed by atoms with Crippen molar-refractivity contribution in [3.05, 3.63) is 62.8 Å². The van der Waals surface area contributed by atoms with Gasteiger partial charge < -0.3 is 14.0 Å². The highest BCUT2D eigenvalue weighted by atomic mass is 35.5. The van der Waals surface area contributed by atoms with Crippen molar-refractivity contribution >= 4 is 40.1 Å². The Morgan fingerprint density at radius 1 is 1.25 bits per heavy atom. The van der Waals surface area contributed by atoms with Crippen molar-refractivity contribution in [1.82, 2.24) is 4.57 Å². The molecule has 3 aromatic rings. The predicted molar refractivity (Wildman–Crippen MR) is 125 cm³/mol. The molecule has 1 fully saturated rings. The Labute approximate surface area is 197 Å². The van der Waals surface area contributed by atoms with Crippen LogP contribution >= 0.6 is 23.2 Å². The maximum Gasteiger partial charge on any atom is 0.309 e. The largest absolute Gasteiger partial charge is 0.489 e. The summed E-state index contributed by atoms with van der Waals surface area (Å²) >= 11 is 13.2. The summed E-state index contributed by atoms with van der Waals surface area (Å²) in [6.45, 7) is 4.20. The van der Waals surface area contributed by atoms with Crippen LogP contribution in [0.3, 0.4) is 0 Å². The molecule has 1 heterocycles. The van der Waals surface area contributed by atoms with Crippen molar-refractivity contribution < 1.29 is 14.3 Å². The van der Waals surface area contributed by atoms with Crippen molar-refractivity contribution in [2.75, 3.05) is 6.61 Å². The fourth-order valence-corrected chi connectivity index (χ4v) is 4.75. The lowest BCUT2D eigenvalue weighted by molar-refractivity contribution is -0.154. The Balaban J connectivity index is 1.57. The zero-order chi connectivity index (χ0) is 23.0. The third-order valence-electron chi connectivity index (χ3n) is 6.11. The fraction of sp³-hybridized carbons (Fsp3) is 0.360. The molecule has 0 saturated heterocycles. The average Bonchev–Trinajstić information content (AvgIpc) is 3.05. The van der Waals surface area contributed by atoms with E-state index in [-0.39, 0.29) is 18.0 Å². The summed E-state index contributed by atoms with van der Waals surface area (Å²) < 4.78 is 13.2. The lowest BCUT2D eigenvalue weighted by Crippen LogP contribution is -2.39. The van der Waals surface area contributed by atoms with E-state index in [1.54, 1.807) is 19.1 Å². The van der Waals surface area contributed by atoms with Crippen molar-refractivity contribution in [3.63, 3.8) is 0 Å². The number of hydrogen-bond donors (Lipinski definition) is 0. The van der Waals surface area contributed by atoms with E-state index < -0.39 is 0 Å². The molecule has 0 unspecified atom stereocenters. The van der Waals surface area contributed by atoms with Gasteiger partial charge in [-0.25, -0.2) is 0 Å². The van der Waals surface area contributed by atoms with E-state index >= 15 is 0 Å². The van der Waals surface area contributed by atoms with E-state index in [9.17, 15) is 10.1 Å². The highest BCUT2D eigenvalue weighted by Gasteiger charge is 2.37. The first-order valence-electron chi connectivity index (χ1n) is 10.6. The molecule has 0 bridgehead atoms. The number of benzene rings is 2. The molecule has 1 aromatic heterocycles. The SMILES string of the molecule is CCOC(=O)C1CC(Oc2ccc(Cl)c(Cc3cc4c(C)cc(C#N)cc4n3C)c2Cl)C1. The van der Waals surface area contributed by atoms with E-state index in [1.165, 1.54) is 0 Å². The van der Waals surface area contributed by atoms with Gasteiger partial charge in [-0.15, -0.1) is 0 Å². The third kappa shape index (κ3) is 4.18. The van der Waals surface area contributed by atoms with Gasteiger partial charge in [-0.3, -0.25) is 4.79 Å². The molecule has 0 N–H and O–H groups in total. The molecule has 0 aliphatic heterocycles. The molecule has 0 spiro atoms. The molecule has 2 aromatic carbocycles. The van der Waals surface area contributed by atoms with Crippen LogP contribution in [-0.2, 0) is 23.0 Å². The fourth-order valence-electron chi connectivity index (χ4n) is 4.20. The van der Waals surface area contributed by atoms with Gasteiger partial charge in [0.2, 0.25) is 0 Å². The molecule has 1 saturated carbocycles. The highest BCUT2D eigenvalue weighted by Crippen LogP contribution is 2.39. The molecule has 4 rings (SSSR count). The molecule has 5 nitrogen and oxygen atoms in total. The van der Waals surface area contributed by atoms with Crippen LogP contribution in [0.4, 0.5) is 0 Å². The van der Waals surface area contributed by atoms with Crippen molar-refractivity contribution in [2.45, 2.75) is 39.2 Å². The standard InChI is InChI=1S/C25H24Cl2N2O3/c1-4-31-25(30)16-9-18(10-16)32-23-6-5-21(26)20(24(23)27)12-17-11-19-14(2)7-15(13-28)8-22(19)29(17)3/h5-8,11,16,18H,4,9-10,12H2,1-3H3. The van der Waals surface area contributed by atoms with Crippen LogP contribution in [0, 0.1) is 24.2 Å². The van der Waals surface area contributed by atoms with Crippen molar-refractivity contribution in [3.8, 4) is 11.8 Å². The Hall–Kier alpha value is -2.68. The molecule has 0 atom stereocenters. The molecule has 1 aliphatic carbocycles. The highest BCUT2D eigenvalue weighted by molar-refractivity contribution is 6.37. The first kappa shape index (κ1) is 22.5. The quantitative estimate of drug-likeness (QED) is 0.415. The summed E-state index contributed by atoms with van der Waals surface area (Å²) in [4.78, 5) is 11.8. The maximum absolute atomic E-state index is 11.8. The number of nitriles is 1. The predicted octanol–water partition coefficient (Wildman–Crippen LogP) is 5.98. The van der Waals surface area contributed by atoms with E-state index in [2.05, 4.69) is 16.7 Å². The van der Waals surface area contributed by atoms with Crippen LogP contribution in [0.2, 0.25) is 10.0 Å². The first-order chi connectivity index (χ1) is 15.3. The van der Waals surface area contributed by atoms with E-state index in [1.807, 2.05) is 26.1 Å². The van der Waals surface area contributed by atoms with Gasteiger partial charge in [0.1, 0.15) is 11.9 Å². The molecular formula is C25H24Cl2N2O3. The number of carbonyl (C=O) groups is 1.